The summed E-state index contributed by atoms with van der Waals surface area (Å²) in [6, 6.07) is 9.38. The van der Waals surface area contributed by atoms with E-state index in [-0.39, 0.29) is 11.5 Å². The molecule has 14 heavy (non-hydrogen) atoms. The highest BCUT2D eigenvalue weighted by Crippen LogP contribution is 1.98. The lowest BCUT2D eigenvalue weighted by molar-refractivity contribution is 0.583. The molecule has 0 bridgehead atoms. The first-order chi connectivity index (χ1) is 6.64. The third-order valence-electron chi connectivity index (χ3n) is 1.69. The lowest BCUT2D eigenvalue weighted by Crippen LogP contribution is -2.26. The molecule has 0 aliphatic rings. The second kappa shape index (κ2) is 5.38. The number of benzene rings is 1. The second-order valence-electron chi connectivity index (χ2n) is 2.83. The van der Waals surface area contributed by atoms with Crippen molar-refractivity contribution in [2.24, 2.45) is 0 Å². The van der Waals surface area contributed by atoms with E-state index in [1.165, 1.54) is 0 Å². The van der Waals surface area contributed by atoms with Crippen LogP contribution >= 0.6 is 12.6 Å². The Morgan fingerprint density at radius 3 is 2.43 bits per heavy atom. The summed E-state index contributed by atoms with van der Waals surface area (Å²) in [7, 11) is -3.18. The molecule has 0 atom stereocenters. The average Bonchev–Trinajstić information content (AvgIpc) is 2.17. The molecule has 3 nitrogen and oxygen atoms in total. The number of rotatable bonds is 5. The topological polar surface area (TPSA) is 46.2 Å². The molecular weight excluding hydrogens is 218 g/mol. The molecule has 0 unspecified atom stereocenters. The Hall–Kier alpha value is -0.520. The summed E-state index contributed by atoms with van der Waals surface area (Å²) >= 11 is 4.61. The fourth-order valence-corrected chi connectivity index (χ4v) is 2.38. The third-order valence-corrected chi connectivity index (χ3v) is 3.48. The van der Waals surface area contributed by atoms with Crippen molar-refractivity contribution in [1.29, 1.82) is 0 Å². The number of nitrogens with one attached hydrogen (secondary N) is 1. The van der Waals surface area contributed by atoms with Gasteiger partial charge in [-0.15, -0.1) is 0 Å². The molecule has 0 fully saturated rings. The summed E-state index contributed by atoms with van der Waals surface area (Å²) in [5, 5.41) is 0. The highest BCUT2D eigenvalue weighted by Gasteiger charge is 2.07. The van der Waals surface area contributed by atoms with Crippen LogP contribution < -0.4 is 4.72 Å². The highest BCUT2D eigenvalue weighted by atomic mass is 32.2. The van der Waals surface area contributed by atoms with E-state index in [1.54, 1.807) is 0 Å². The van der Waals surface area contributed by atoms with E-state index in [4.69, 9.17) is 0 Å². The van der Waals surface area contributed by atoms with Crippen molar-refractivity contribution in [3.63, 3.8) is 0 Å². The van der Waals surface area contributed by atoms with Gasteiger partial charge >= 0.3 is 0 Å². The summed E-state index contributed by atoms with van der Waals surface area (Å²) in [4.78, 5) is 0. The molecule has 5 heteroatoms. The van der Waals surface area contributed by atoms with Crippen LogP contribution in [-0.4, -0.2) is 19.9 Å². The molecule has 1 aromatic carbocycles. The van der Waals surface area contributed by atoms with Crippen LogP contribution in [0.15, 0.2) is 30.3 Å². The normalized spacial score (nSPS) is 11.5. The van der Waals surface area contributed by atoms with Crippen molar-refractivity contribution in [1.82, 2.24) is 4.72 Å². The van der Waals surface area contributed by atoms with E-state index in [1.807, 2.05) is 30.3 Å². The monoisotopic (exact) mass is 230 g/mol. The molecule has 0 heterocycles. The highest BCUT2D eigenvalue weighted by molar-refractivity contribution is 7.90. The van der Waals surface area contributed by atoms with Crippen molar-refractivity contribution < 1.29 is 8.42 Å². The predicted molar refractivity (Wildman–Crippen MR) is 59.5 cm³/mol. The van der Waals surface area contributed by atoms with Gasteiger partial charge in [-0.05, 0) is 5.56 Å². The van der Waals surface area contributed by atoms with Gasteiger partial charge in [0, 0.05) is 12.3 Å². The molecule has 1 radical (unpaired) electrons. The Balaban J connectivity index is 2.49. The standard InChI is InChI=1S/C9H12NO2S2/c11-14(12,7-6-13)10-8-9-4-2-1-3-5-9/h1-5,10H,6-8H2. The van der Waals surface area contributed by atoms with Gasteiger partial charge in [-0.25, -0.2) is 13.1 Å². The fourth-order valence-electron chi connectivity index (χ4n) is 0.971. The summed E-state index contributed by atoms with van der Waals surface area (Å²) in [6.45, 7) is 0.332. The third kappa shape index (κ3) is 4.13. The molecule has 0 aliphatic carbocycles. The number of sulfonamides is 1. The van der Waals surface area contributed by atoms with Crippen LogP contribution in [0.3, 0.4) is 0 Å². The molecule has 0 saturated heterocycles. The maximum absolute atomic E-state index is 11.2. The van der Waals surface area contributed by atoms with E-state index in [9.17, 15) is 8.42 Å². The first-order valence-corrected chi connectivity index (χ1v) is 6.46. The zero-order valence-corrected chi connectivity index (χ0v) is 9.27. The number of hydrogen-bond donors (Lipinski definition) is 1. The van der Waals surface area contributed by atoms with Crippen molar-refractivity contribution in [3.05, 3.63) is 35.9 Å². The smallest absolute Gasteiger partial charge is 0.212 e. The van der Waals surface area contributed by atoms with Gasteiger partial charge in [0.25, 0.3) is 0 Å². The van der Waals surface area contributed by atoms with Gasteiger partial charge in [0.15, 0.2) is 0 Å². The summed E-state index contributed by atoms with van der Waals surface area (Å²) in [5.74, 6) is 0.235. The van der Waals surface area contributed by atoms with Gasteiger partial charge < -0.3 is 0 Å². The second-order valence-corrected chi connectivity index (χ2v) is 5.16. The Morgan fingerprint density at radius 2 is 1.86 bits per heavy atom. The van der Waals surface area contributed by atoms with Gasteiger partial charge in [-0.1, -0.05) is 43.0 Å². The van der Waals surface area contributed by atoms with E-state index >= 15 is 0 Å². The van der Waals surface area contributed by atoms with Crippen molar-refractivity contribution in [2.45, 2.75) is 6.54 Å². The Morgan fingerprint density at radius 1 is 1.21 bits per heavy atom. The fraction of sp³-hybridized carbons (Fsp3) is 0.333. The van der Waals surface area contributed by atoms with Gasteiger partial charge in [-0.2, -0.15) is 0 Å². The Labute approximate surface area is 90.0 Å². The minimum Gasteiger partial charge on any atom is -0.212 e. The van der Waals surface area contributed by atoms with Crippen LogP contribution in [0, 0.1) is 0 Å². The van der Waals surface area contributed by atoms with Crippen LogP contribution in [0.4, 0.5) is 0 Å². The van der Waals surface area contributed by atoms with Crippen molar-refractivity contribution in [3.8, 4) is 0 Å². The van der Waals surface area contributed by atoms with Gasteiger partial charge in [0.05, 0.1) is 5.75 Å². The first kappa shape index (κ1) is 11.6. The lowest BCUT2D eigenvalue weighted by Gasteiger charge is -2.04. The molecular formula is C9H12NO2S2. The maximum atomic E-state index is 11.2. The molecule has 0 aromatic heterocycles. The van der Waals surface area contributed by atoms with Crippen molar-refractivity contribution in [2.75, 3.05) is 11.5 Å². The minimum atomic E-state index is -3.18. The quantitative estimate of drug-likeness (QED) is 0.829. The average molecular weight is 230 g/mol. The summed E-state index contributed by atoms with van der Waals surface area (Å²) in [5.41, 5.74) is 0.945. The molecule has 1 rings (SSSR count). The van der Waals surface area contributed by atoms with Gasteiger partial charge in [-0.3, -0.25) is 0 Å². The minimum absolute atomic E-state index is 0.00909. The summed E-state index contributed by atoms with van der Waals surface area (Å²) < 4.78 is 24.9. The van der Waals surface area contributed by atoms with E-state index in [2.05, 4.69) is 17.4 Å². The van der Waals surface area contributed by atoms with Gasteiger partial charge in [0.2, 0.25) is 10.0 Å². The van der Waals surface area contributed by atoms with E-state index < -0.39 is 10.0 Å². The van der Waals surface area contributed by atoms with Crippen LogP contribution in [0.1, 0.15) is 5.56 Å². The van der Waals surface area contributed by atoms with E-state index in [0.29, 0.717) is 6.54 Å². The zero-order valence-electron chi connectivity index (χ0n) is 7.64. The van der Waals surface area contributed by atoms with Crippen molar-refractivity contribution >= 4 is 22.7 Å². The molecule has 1 aromatic rings. The Kier molecular flexibility index (Phi) is 4.44. The molecule has 0 aliphatic heterocycles. The molecule has 0 spiro atoms. The van der Waals surface area contributed by atoms with Gasteiger partial charge in [0.1, 0.15) is 0 Å². The molecule has 0 saturated carbocycles. The van der Waals surface area contributed by atoms with Crippen LogP contribution in [0.2, 0.25) is 0 Å². The Bertz CT molecular complexity index is 362. The summed E-state index contributed by atoms with van der Waals surface area (Å²) in [6.07, 6.45) is 0. The van der Waals surface area contributed by atoms with Crippen LogP contribution in [-0.2, 0) is 16.6 Å². The number of hydrogen-bond acceptors (Lipinski definition) is 2. The SMILES string of the molecule is O=S(=O)(CC[S])NCc1ccccc1. The van der Waals surface area contributed by atoms with Crippen LogP contribution in [0.5, 0.6) is 0 Å². The van der Waals surface area contributed by atoms with Crippen LogP contribution in [0.25, 0.3) is 0 Å². The lowest BCUT2D eigenvalue weighted by atomic mass is 10.2. The molecule has 77 valence electrons. The molecule has 1 N–H and O–H groups in total. The predicted octanol–water partition coefficient (Wildman–Crippen LogP) is 1.30. The molecule has 0 amide bonds. The largest absolute Gasteiger partial charge is 0.212 e. The van der Waals surface area contributed by atoms with E-state index in [0.717, 1.165) is 5.56 Å². The first-order valence-electron chi connectivity index (χ1n) is 4.23. The maximum Gasteiger partial charge on any atom is 0.212 e. The zero-order chi connectivity index (χ0) is 10.4.